The van der Waals surface area contributed by atoms with E-state index in [0.29, 0.717) is 13.0 Å². The molecule has 35 heavy (non-hydrogen) atoms. The van der Waals surface area contributed by atoms with Gasteiger partial charge >= 0.3 is 11.8 Å². The van der Waals surface area contributed by atoms with Crippen LogP contribution < -0.4 is 20.3 Å². The monoisotopic (exact) mass is 480 g/mol. The third kappa shape index (κ3) is 6.63. The van der Waals surface area contributed by atoms with Crippen LogP contribution in [0.15, 0.2) is 65.8 Å². The highest BCUT2D eigenvalue weighted by atomic mass is 16.5. The topological polar surface area (TPSA) is 105 Å². The second-order valence-electron chi connectivity index (χ2n) is 8.37. The van der Waals surface area contributed by atoms with Gasteiger partial charge in [-0.3, -0.25) is 14.5 Å². The van der Waals surface area contributed by atoms with Crippen LogP contribution in [0.2, 0.25) is 0 Å². The van der Waals surface area contributed by atoms with E-state index in [1.165, 1.54) is 0 Å². The van der Waals surface area contributed by atoms with Gasteiger partial charge in [0.1, 0.15) is 11.5 Å². The number of benzene rings is 1. The molecule has 1 atom stereocenters. The van der Waals surface area contributed by atoms with E-state index >= 15 is 0 Å². The normalized spacial score (nSPS) is 14.9. The van der Waals surface area contributed by atoms with Gasteiger partial charge in [-0.1, -0.05) is 0 Å². The minimum Gasteiger partial charge on any atom is -0.497 e. The molecule has 0 radical (unpaired) electrons. The molecule has 0 spiro atoms. The fraction of sp³-hybridized carbons (Fsp3) is 0.400. The number of nitrogens with zero attached hydrogens (tertiary/aromatic N) is 4. The highest BCUT2D eigenvalue weighted by Gasteiger charge is 2.28. The van der Waals surface area contributed by atoms with Gasteiger partial charge in [-0.25, -0.2) is 4.98 Å². The Labute approximate surface area is 204 Å². The van der Waals surface area contributed by atoms with Crippen LogP contribution in [-0.2, 0) is 16.1 Å². The van der Waals surface area contributed by atoms with Gasteiger partial charge in [0.05, 0.1) is 25.7 Å². The van der Waals surface area contributed by atoms with Gasteiger partial charge in [0.15, 0.2) is 0 Å². The van der Waals surface area contributed by atoms with Crippen LogP contribution >= 0.6 is 0 Å². The lowest BCUT2D eigenvalue weighted by atomic mass is 10.1. The number of rotatable bonds is 10. The molecule has 1 saturated heterocycles. The van der Waals surface area contributed by atoms with Crippen molar-refractivity contribution in [2.75, 3.05) is 51.3 Å². The lowest BCUT2D eigenvalue weighted by molar-refractivity contribution is -0.139. The van der Waals surface area contributed by atoms with E-state index in [0.717, 1.165) is 49.9 Å². The molecule has 10 heteroatoms. The molecular formula is C25H32N6O4. The Hall–Kier alpha value is -3.79. The predicted molar refractivity (Wildman–Crippen MR) is 131 cm³/mol. The molecule has 3 heterocycles. The molecule has 1 aliphatic heterocycles. The van der Waals surface area contributed by atoms with Crippen molar-refractivity contribution in [1.82, 2.24) is 25.1 Å². The summed E-state index contributed by atoms with van der Waals surface area (Å²) >= 11 is 0. The number of hydrogen-bond donors (Lipinski definition) is 2. The van der Waals surface area contributed by atoms with Crippen molar-refractivity contribution in [1.29, 1.82) is 0 Å². The number of imidazole rings is 1. The van der Waals surface area contributed by atoms with Crippen LogP contribution in [0.1, 0.15) is 18.2 Å². The van der Waals surface area contributed by atoms with Crippen molar-refractivity contribution < 1.29 is 18.7 Å². The van der Waals surface area contributed by atoms with Gasteiger partial charge in [0.2, 0.25) is 0 Å². The number of anilines is 1. The number of amides is 2. The number of carbonyl (C=O) groups excluding carboxylic acids is 2. The summed E-state index contributed by atoms with van der Waals surface area (Å²) in [5, 5.41) is 5.46. The fourth-order valence-electron chi connectivity index (χ4n) is 4.21. The van der Waals surface area contributed by atoms with Gasteiger partial charge in [-0.15, -0.1) is 0 Å². The molecule has 0 saturated carbocycles. The maximum absolute atomic E-state index is 12.4. The van der Waals surface area contributed by atoms with E-state index in [1.54, 1.807) is 25.9 Å². The largest absolute Gasteiger partial charge is 0.497 e. The number of methoxy groups -OCH3 is 1. The highest BCUT2D eigenvalue weighted by Crippen LogP contribution is 2.25. The van der Waals surface area contributed by atoms with Gasteiger partial charge in [0, 0.05) is 63.9 Å². The molecule has 186 valence electrons. The number of furan rings is 1. The van der Waals surface area contributed by atoms with Crippen LogP contribution in [0.25, 0.3) is 0 Å². The highest BCUT2D eigenvalue weighted by molar-refractivity contribution is 6.35. The lowest BCUT2D eigenvalue weighted by Gasteiger charge is -2.39. The van der Waals surface area contributed by atoms with Gasteiger partial charge in [0.25, 0.3) is 0 Å². The van der Waals surface area contributed by atoms with Crippen LogP contribution in [0.3, 0.4) is 0 Å². The minimum absolute atomic E-state index is 0.152. The quantitative estimate of drug-likeness (QED) is 0.336. The smallest absolute Gasteiger partial charge is 0.309 e. The van der Waals surface area contributed by atoms with E-state index < -0.39 is 11.8 Å². The lowest BCUT2D eigenvalue weighted by Crippen LogP contribution is -2.50. The number of nitrogens with one attached hydrogen (secondary N) is 2. The third-order valence-corrected chi connectivity index (χ3v) is 6.16. The summed E-state index contributed by atoms with van der Waals surface area (Å²) in [7, 11) is 1.66. The van der Waals surface area contributed by atoms with Crippen molar-refractivity contribution in [3.05, 3.63) is 67.1 Å². The molecule has 1 fully saturated rings. The van der Waals surface area contributed by atoms with E-state index in [1.807, 2.05) is 35.0 Å². The van der Waals surface area contributed by atoms with Crippen molar-refractivity contribution in [2.45, 2.75) is 19.0 Å². The number of hydrogen-bond acceptors (Lipinski definition) is 7. The Morgan fingerprint density at radius 1 is 1.09 bits per heavy atom. The maximum atomic E-state index is 12.4. The SMILES string of the molecule is COc1ccc(N2CCN([C@H](CNC(=O)C(=O)NCCCn3ccnc3)c3ccco3)CC2)cc1. The molecule has 3 aromatic rings. The Kier molecular flexibility index (Phi) is 8.39. The molecule has 0 aliphatic carbocycles. The van der Waals surface area contributed by atoms with Crippen LogP contribution in [0, 0.1) is 0 Å². The zero-order valence-electron chi connectivity index (χ0n) is 19.9. The average Bonchev–Trinajstić information content (AvgIpc) is 3.62. The maximum Gasteiger partial charge on any atom is 0.309 e. The molecule has 2 aromatic heterocycles. The summed E-state index contributed by atoms with van der Waals surface area (Å²) in [6, 6.07) is 11.6. The molecule has 1 aromatic carbocycles. The molecule has 0 unspecified atom stereocenters. The number of aryl methyl sites for hydroxylation is 1. The second-order valence-corrected chi connectivity index (χ2v) is 8.37. The third-order valence-electron chi connectivity index (χ3n) is 6.16. The van der Waals surface area contributed by atoms with Crippen LogP contribution in [0.4, 0.5) is 5.69 Å². The molecule has 2 amide bonds. The molecule has 10 nitrogen and oxygen atoms in total. The molecule has 4 rings (SSSR count). The van der Waals surface area contributed by atoms with Gasteiger partial charge < -0.3 is 29.3 Å². The Morgan fingerprint density at radius 2 is 1.86 bits per heavy atom. The van der Waals surface area contributed by atoms with Gasteiger partial charge in [-0.2, -0.15) is 0 Å². The van der Waals surface area contributed by atoms with E-state index in [2.05, 4.69) is 37.6 Å². The predicted octanol–water partition coefficient (Wildman–Crippen LogP) is 1.67. The average molecular weight is 481 g/mol. The summed E-state index contributed by atoms with van der Waals surface area (Å²) in [5.74, 6) is 0.339. The number of aromatic nitrogens is 2. The summed E-state index contributed by atoms with van der Waals surface area (Å²) < 4.78 is 12.8. The van der Waals surface area contributed by atoms with Crippen molar-refractivity contribution in [3.63, 3.8) is 0 Å². The Balaban J connectivity index is 1.26. The first-order chi connectivity index (χ1) is 17.1. The fourth-order valence-corrected chi connectivity index (χ4v) is 4.21. The van der Waals surface area contributed by atoms with E-state index in [-0.39, 0.29) is 12.6 Å². The summed E-state index contributed by atoms with van der Waals surface area (Å²) in [6.45, 7) is 4.72. The number of carbonyl (C=O) groups is 2. The second kappa shape index (κ2) is 12.1. The Morgan fingerprint density at radius 3 is 2.51 bits per heavy atom. The zero-order valence-corrected chi connectivity index (χ0v) is 19.9. The van der Waals surface area contributed by atoms with Crippen LogP contribution in [0.5, 0.6) is 5.75 Å². The van der Waals surface area contributed by atoms with Crippen molar-refractivity contribution >= 4 is 17.5 Å². The molecule has 0 bridgehead atoms. The van der Waals surface area contributed by atoms with Crippen molar-refractivity contribution in [2.24, 2.45) is 0 Å². The Bertz CT molecular complexity index is 1040. The summed E-state index contributed by atoms with van der Waals surface area (Å²) in [4.78, 5) is 33.2. The number of piperazine rings is 1. The first-order valence-electron chi connectivity index (χ1n) is 11.8. The van der Waals surface area contributed by atoms with Crippen LogP contribution in [-0.4, -0.2) is 72.6 Å². The summed E-state index contributed by atoms with van der Waals surface area (Å²) in [5.41, 5.74) is 1.15. The number of ether oxygens (including phenoxy) is 1. The molecule has 2 N–H and O–H groups in total. The first kappa shape index (κ1) is 24.3. The van der Waals surface area contributed by atoms with E-state index in [4.69, 9.17) is 9.15 Å². The summed E-state index contributed by atoms with van der Waals surface area (Å²) in [6.07, 6.45) is 7.63. The first-order valence-corrected chi connectivity index (χ1v) is 11.8. The minimum atomic E-state index is -0.638. The van der Waals surface area contributed by atoms with E-state index in [9.17, 15) is 9.59 Å². The zero-order chi connectivity index (χ0) is 24.5. The molecule has 1 aliphatic rings. The molecular weight excluding hydrogens is 448 g/mol. The van der Waals surface area contributed by atoms with Gasteiger partial charge in [-0.05, 0) is 42.8 Å². The van der Waals surface area contributed by atoms with Crippen molar-refractivity contribution in [3.8, 4) is 5.75 Å². The standard InChI is InChI=1S/C25H32N6O4/c1-34-21-7-5-20(6-8-21)30-13-15-31(16-14-30)22(23-4-2-17-35-23)18-28-25(33)24(32)27-9-3-11-29-12-10-26-19-29/h2,4-8,10,12,17,19,22H,3,9,11,13-16,18H2,1H3,(H,27,32)(H,28,33)/t22-/m1/s1.